The van der Waals surface area contributed by atoms with Crippen LogP contribution in [-0.4, -0.2) is 17.5 Å². The predicted molar refractivity (Wildman–Crippen MR) is 67.5 cm³/mol. The van der Waals surface area contributed by atoms with Gasteiger partial charge >= 0.3 is 0 Å². The zero-order valence-electron chi connectivity index (χ0n) is 10.8. The molecule has 17 heavy (non-hydrogen) atoms. The first-order valence-corrected chi connectivity index (χ1v) is 6.07. The molecule has 1 aromatic rings. The van der Waals surface area contributed by atoms with Crippen LogP contribution in [0.5, 0.6) is 0 Å². The molecule has 1 heterocycles. The standard InChI is InChI=1S/C13H21N3O/c1-13(2)6-10(14)9-4-5-16(11(9)7-13)8-12(17)15-3/h4-5,10H,6-8,14H2,1-3H3,(H,15,17). The first-order chi connectivity index (χ1) is 7.93. The summed E-state index contributed by atoms with van der Waals surface area (Å²) in [6.07, 6.45) is 3.96. The van der Waals surface area contributed by atoms with Crippen LogP contribution in [0.15, 0.2) is 12.3 Å². The molecule has 1 aliphatic rings. The molecule has 1 aromatic heterocycles. The number of nitrogens with one attached hydrogen (secondary N) is 1. The van der Waals surface area contributed by atoms with E-state index in [2.05, 4.69) is 25.2 Å². The Bertz CT molecular complexity index is 434. The summed E-state index contributed by atoms with van der Waals surface area (Å²) < 4.78 is 2.02. The molecule has 2 rings (SSSR count). The second-order valence-corrected chi connectivity index (χ2v) is 5.67. The minimum absolute atomic E-state index is 0.0281. The van der Waals surface area contributed by atoms with Gasteiger partial charge in [0.05, 0.1) is 0 Å². The summed E-state index contributed by atoms with van der Waals surface area (Å²) >= 11 is 0. The maximum atomic E-state index is 11.4. The van der Waals surface area contributed by atoms with Gasteiger partial charge in [-0.15, -0.1) is 0 Å². The number of likely N-dealkylation sites (N-methyl/N-ethyl adjacent to an activating group) is 1. The van der Waals surface area contributed by atoms with E-state index in [1.54, 1.807) is 7.05 Å². The Hall–Kier alpha value is -1.29. The van der Waals surface area contributed by atoms with Crippen LogP contribution in [0.1, 0.15) is 37.6 Å². The average molecular weight is 235 g/mol. The smallest absolute Gasteiger partial charge is 0.239 e. The van der Waals surface area contributed by atoms with Gasteiger partial charge < -0.3 is 15.6 Å². The first-order valence-electron chi connectivity index (χ1n) is 6.07. The van der Waals surface area contributed by atoms with Gasteiger partial charge in [0, 0.05) is 25.0 Å². The number of aromatic nitrogens is 1. The van der Waals surface area contributed by atoms with E-state index >= 15 is 0 Å². The second kappa shape index (κ2) is 4.18. The molecule has 0 spiro atoms. The fourth-order valence-electron chi connectivity index (χ4n) is 2.68. The van der Waals surface area contributed by atoms with Crippen LogP contribution in [0.4, 0.5) is 0 Å². The molecule has 1 atom stereocenters. The number of carbonyl (C=O) groups excluding carboxylic acids is 1. The Morgan fingerprint density at radius 2 is 2.35 bits per heavy atom. The van der Waals surface area contributed by atoms with Crippen molar-refractivity contribution in [1.29, 1.82) is 0 Å². The summed E-state index contributed by atoms with van der Waals surface area (Å²) in [4.78, 5) is 11.4. The zero-order valence-corrected chi connectivity index (χ0v) is 10.8. The molecule has 1 unspecified atom stereocenters. The number of hydrogen-bond acceptors (Lipinski definition) is 2. The summed E-state index contributed by atoms with van der Waals surface area (Å²) in [5, 5.41) is 2.65. The lowest BCUT2D eigenvalue weighted by atomic mass is 9.74. The molecule has 0 aromatic carbocycles. The van der Waals surface area contributed by atoms with Crippen LogP contribution >= 0.6 is 0 Å². The van der Waals surface area contributed by atoms with Crippen molar-refractivity contribution in [3.63, 3.8) is 0 Å². The molecule has 0 aliphatic heterocycles. The van der Waals surface area contributed by atoms with Crippen LogP contribution in [-0.2, 0) is 17.8 Å². The summed E-state index contributed by atoms with van der Waals surface area (Å²) in [5.74, 6) is 0.0281. The number of nitrogens with zero attached hydrogens (tertiary/aromatic N) is 1. The van der Waals surface area contributed by atoms with Crippen molar-refractivity contribution in [3.8, 4) is 0 Å². The molecule has 4 heteroatoms. The largest absolute Gasteiger partial charge is 0.358 e. The van der Waals surface area contributed by atoms with Crippen molar-refractivity contribution >= 4 is 5.91 Å². The van der Waals surface area contributed by atoms with Crippen molar-refractivity contribution in [2.75, 3.05) is 7.05 Å². The van der Waals surface area contributed by atoms with E-state index in [1.807, 2.05) is 10.8 Å². The lowest BCUT2D eigenvalue weighted by Crippen LogP contribution is -2.32. The molecule has 4 nitrogen and oxygen atoms in total. The van der Waals surface area contributed by atoms with E-state index < -0.39 is 0 Å². The molecule has 0 saturated heterocycles. The van der Waals surface area contributed by atoms with Crippen LogP contribution in [0, 0.1) is 5.41 Å². The predicted octanol–water partition coefficient (Wildman–Crippen LogP) is 1.21. The topological polar surface area (TPSA) is 60.0 Å². The SMILES string of the molecule is CNC(=O)Cn1ccc2c1CC(C)(C)CC2N. The minimum Gasteiger partial charge on any atom is -0.358 e. The van der Waals surface area contributed by atoms with Crippen molar-refractivity contribution in [1.82, 2.24) is 9.88 Å². The fraction of sp³-hybridized carbons (Fsp3) is 0.615. The summed E-state index contributed by atoms with van der Waals surface area (Å²) in [7, 11) is 1.66. The van der Waals surface area contributed by atoms with Gasteiger partial charge in [0.25, 0.3) is 0 Å². The summed E-state index contributed by atoms with van der Waals surface area (Å²) in [5.41, 5.74) is 8.82. The van der Waals surface area contributed by atoms with Crippen LogP contribution < -0.4 is 11.1 Å². The van der Waals surface area contributed by atoms with Crippen LogP contribution in [0.25, 0.3) is 0 Å². The highest BCUT2D eigenvalue weighted by molar-refractivity contribution is 5.75. The highest BCUT2D eigenvalue weighted by atomic mass is 16.1. The fourth-order valence-corrected chi connectivity index (χ4v) is 2.68. The number of amides is 1. The van der Waals surface area contributed by atoms with Crippen molar-refractivity contribution in [2.45, 2.75) is 39.3 Å². The Morgan fingerprint density at radius 3 is 3.00 bits per heavy atom. The van der Waals surface area contributed by atoms with E-state index in [0.717, 1.165) is 12.8 Å². The van der Waals surface area contributed by atoms with E-state index in [9.17, 15) is 4.79 Å². The van der Waals surface area contributed by atoms with Gasteiger partial charge in [-0.05, 0) is 29.9 Å². The highest BCUT2D eigenvalue weighted by Crippen LogP contribution is 2.39. The minimum atomic E-state index is 0.0281. The van der Waals surface area contributed by atoms with Gasteiger partial charge in [0.1, 0.15) is 6.54 Å². The normalized spacial score (nSPS) is 22.0. The number of carbonyl (C=O) groups is 1. The third-order valence-electron chi connectivity index (χ3n) is 3.52. The Balaban J connectivity index is 2.30. The molecule has 0 radical (unpaired) electrons. The number of fused-ring (bicyclic) bond motifs is 1. The molecule has 94 valence electrons. The number of nitrogens with two attached hydrogens (primary N) is 1. The van der Waals surface area contributed by atoms with Gasteiger partial charge in [-0.2, -0.15) is 0 Å². The Morgan fingerprint density at radius 1 is 1.65 bits per heavy atom. The van der Waals surface area contributed by atoms with E-state index in [1.165, 1.54) is 11.3 Å². The quantitative estimate of drug-likeness (QED) is 0.809. The van der Waals surface area contributed by atoms with Gasteiger partial charge in [0.15, 0.2) is 0 Å². The van der Waals surface area contributed by atoms with E-state index in [4.69, 9.17) is 5.73 Å². The summed E-state index contributed by atoms with van der Waals surface area (Å²) in [6, 6.07) is 2.15. The van der Waals surface area contributed by atoms with Crippen LogP contribution in [0.3, 0.4) is 0 Å². The van der Waals surface area contributed by atoms with Crippen molar-refractivity contribution in [3.05, 3.63) is 23.5 Å². The molecular formula is C13H21N3O. The monoisotopic (exact) mass is 235 g/mol. The van der Waals surface area contributed by atoms with Gasteiger partial charge in [0.2, 0.25) is 5.91 Å². The molecule has 3 N–H and O–H groups in total. The lowest BCUT2D eigenvalue weighted by Gasteiger charge is -2.34. The third-order valence-corrected chi connectivity index (χ3v) is 3.52. The van der Waals surface area contributed by atoms with Gasteiger partial charge in [-0.3, -0.25) is 4.79 Å². The number of hydrogen-bond donors (Lipinski definition) is 2. The highest BCUT2D eigenvalue weighted by Gasteiger charge is 2.32. The number of rotatable bonds is 2. The van der Waals surface area contributed by atoms with Crippen LogP contribution in [0.2, 0.25) is 0 Å². The third kappa shape index (κ3) is 2.36. The molecule has 0 bridgehead atoms. The summed E-state index contributed by atoms with van der Waals surface area (Å²) in [6.45, 7) is 4.84. The Kier molecular flexibility index (Phi) is 3.00. The van der Waals surface area contributed by atoms with Crippen molar-refractivity contribution in [2.24, 2.45) is 11.1 Å². The first kappa shape index (κ1) is 12.2. The lowest BCUT2D eigenvalue weighted by molar-refractivity contribution is -0.121. The van der Waals surface area contributed by atoms with E-state index in [-0.39, 0.29) is 17.4 Å². The second-order valence-electron chi connectivity index (χ2n) is 5.67. The molecular weight excluding hydrogens is 214 g/mol. The molecule has 0 saturated carbocycles. The molecule has 1 aliphatic carbocycles. The zero-order chi connectivity index (χ0) is 12.6. The van der Waals surface area contributed by atoms with Crippen molar-refractivity contribution < 1.29 is 4.79 Å². The maximum Gasteiger partial charge on any atom is 0.239 e. The average Bonchev–Trinajstić information content (AvgIpc) is 2.60. The van der Waals surface area contributed by atoms with Gasteiger partial charge in [-0.1, -0.05) is 13.8 Å². The maximum absolute atomic E-state index is 11.4. The van der Waals surface area contributed by atoms with E-state index in [0.29, 0.717) is 6.54 Å². The molecule has 1 amide bonds. The Labute approximate surface area is 102 Å². The molecule has 0 fully saturated rings. The van der Waals surface area contributed by atoms with Gasteiger partial charge in [-0.25, -0.2) is 0 Å².